The first-order valence-corrected chi connectivity index (χ1v) is 5.67. The maximum absolute atomic E-state index is 11.5. The molecule has 0 saturated carbocycles. The zero-order valence-corrected chi connectivity index (χ0v) is 10.0. The Morgan fingerprint density at radius 2 is 2.05 bits per heavy atom. The van der Waals surface area contributed by atoms with Gasteiger partial charge in [0.2, 0.25) is 5.91 Å². The molecule has 1 aliphatic rings. The van der Waals surface area contributed by atoms with Gasteiger partial charge >= 0.3 is 18.0 Å². The van der Waals surface area contributed by atoms with Crippen LogP contribution in [0.25, 0.3) is 0 Å². The molecular formula is C10H15N3O6. The van der Waals surface area contributed by atoms with E-state index in [-0.39, 0.29) is 31.2 Å². The van der Waals surface area contributed by atoms with Crippen molar-refractivity contribution in [3.8, 4) is 0 Å². The molecule has 0 aromatic heterocycles. The van der Waals surface area contributed by atoms with E-state index in [4.69, 9.17) is 10.2 Å². The monoisotopic (exact) mass is 273 g/mol. The van der Waals surface area contributed by atoms with Crippen molar-refractivity contribution >= 4 is 23.9 Å². The van der Waals surface area contributed by atoms with Gasteiger partial charge in [-0.3, -0.25) is 9.59 Å². The topological polar surface area (TPSA) is 145 Å². The summed E-state index contributed by atoms with van der Waals surface area (Å²) in [6.45, 7) is 0.291. The van der Waals surface area contributed by atoms with E-state index >= 15 is 0 Å². The summed E-state index contributed by atoms with van der Waals surface area (Å²) in [7, 11) is 0. The highest BCUT2D eigenvalue weighted by atomic mass is 16.4. The van der Waals surface area contributed by atoms with Crippen LogP contribution in [0.3, 0.4) is 0 Å². The third-order valence-electron chi connectivity index (χ3n) is 2.56. The first-order chi connectivity index (χ1) is 8.88. The second-order valence-electron chi connectivity index (χ2n) is 4.15. The largest absolute Gasteiger partial charge is 0.481 e. The predicted molar refractivity (Wildman–Crippen MR) is 61.4 cm³/mol. The number of carboxylic acids is 2. The number of nitrogens with one attached hydrogen (secondary N) is 3. The molecule has 1 heterocycles. The molecule has 3 amide bonds. The van der Waals surface area contributed by atoms with Crippen LogP contribution in [0.15, 0.2) is 0 Å². The molecule has 1 aliphatic heterocycles. The number of hydrogen-bond acceptors (Lipinski definition) is 4. The quantitative estimate of drug-likeness (QED) is 0.398. The molecule has 0 aromatic rings. The van der Waals surface area contributed by atoms with Gasteiger partial charge in [-0.15, -0.1) is 0 Å². The maximum atomic E-state index is 11.5. The molecule has 1 fully saturated rings. The Balaban J connectivity index is 2.40. The Hall–Kier alpha value is -2.32. The summed E-state index contributed by atoms with van der Waals surface area (Å²) in [5, 5.41) is 24.4. The molecule has 0 radical (unpaired) electrons. The van der Waals surface area contributed by atoms with Crippen LogP contribution in [-0.2, 0) is 14.4 Å². The highest BCUT2D eigenvalue weighted by Gasteiger charge is 2.25. The van der Waals surface area contributed by atoms with E-state index in [1.807, 2.05) is 0 Å². The van der Waals surface area contributed by atoms with Gasteiger partial charge in [0.1, 0.15) is 6.04 Å². The van der Waals surface area contributed by atoms with Gasteiger partial charge in [-0.05, 0) is 6.42 Å². The van der Waals surface area contributed by atoms with Crippen LogP contribution >= 0.6 is 0 Å². The Labute approximate surface area is 108 Å². The maximum Gasteiger partial charge on any atom is 0.326 e. The third kappa shape index (κ3) is 5.23. The second-order valence-corrected chi connectivity index (χ2v) is 4.15. The molecule has 0 aliphatic carbocycles. The molecule has 9 nitrogen and oxygen atoms in total. The van der Waals surface area contributed by atoms with Gasteiger partial charge in [0, 0.05) is 19.4 Å². The lowest BCUT2D eigenvalue weighted by Crippen LogP contribution is -2.49. The number of hydrogen-bond donors (Lipinski definition) is 5. The van der Waals surface area contributed by atoms with Crippen LogP contribution in [0.5, 0.6) is 0 Å². The smallest absolute Gasteiger partial charge is 0.326 e. The van der Waals surface area contributed by atoms with Gasteiger partial charge in [-0.25, -0.2) is 9.59 Å². The summed E-state index contributed by atoms with van der Waals surface area (Å²) in [5.41, 5.74) is 0. The van der Waals surface area contributed by atoms with Crippen molar-refractivity contribution in [1.29, 1.82) is 0 Å². The van der Waals surface area contributed by atoms with Crippen LogP contribution in [-0.4, -0.2) is 52.7 Å². The molecule has 19 heavy (non-hydrogen) atoms. The second kappa shape index (κ2) is 6.57. The van der Waals surface area contributed by atoms with E-state index < -0.39 is 24.0 Å². The summed E-state index contributed by atoms with van der Waals surface area (Å²) in [5.74, 6) is -2.64. The SMILES string of the molecule is O=C(O)CCC(NC(=O)NC1CNC(=O)C1)C(=O)O. The van der Waals surface area contributed by atoms with Gasteiger partial charge < -0.3 is 26.2 Å². The fraction of sp³-hybridized carbons (Fsp3) is 0.600. The standard InChI is InChI=1S/C10H15N3O6/c14-7-3-5(4-11-7)12-10(19)13-6(9(17)18)1-2-8(15)16/h5-6H,1-4H2,(H,11,14)(H,15,16)(H,17,18)(H2,12,13,19). The van der Waals surface area contributed by atoms with Crippen molar-refractivity contribution in [2.45, 2.75) is 31.3 Å². The van der Waals surface area contributed by atoms with Crippen LogP contribution < -0.4 is 16.0 Å². The van der Waals surface area contributed by atoms with E-state index in [0.717, 1.165) is 0 Å². The zero-order valence-electron chi connectivity index (χ0n) is 10.0. The van der Waals surface area contributed by atoms with Gasteiger partial charge in [0.15, 0.2) is 0 Å². The Morgan fingerprint density at radius 3 is 2.53 bits per heavy atom. The number of aliphatic carboxylic acids is 2. The van der Waals surface area contributed by atoms with Crippen LogP contribution in [0.4, 0.5) is 4.79 Å². The third-order valence-corrected chi connectivity index (χ3v) is 2.56. The summed E-state index contributed by atoms with van der Waals surface area (Å²) < 4.78 is 0. The predicted octanol–water partition coefficient (Wildman–Crippen LogP) is -1.51. The number of carbonyl (C=O) groups is 4. The molecule has 5 N–H and O–H groups in total. The molecule has 1 rings (SSSR count). The van der Waals surface area contributed by atoms with E-state index in [1.54, 1.807) is 0 Å². The van der Waals surface area contributed by atoms with Crippen molar-refractivity contribution in [3.63, 3.8) is 0 Å². The minimum absolute atomic E-state index is 0.139. The van der Waals surface area contributed by atoms with Crippen LogP contribution in [0.2, 0.25) is 0 Å². The van der Waals surface area contributed by atoms with Crippen molar-refractivity contribution in [2.75, 3.05) is 6.54 Å². The molecule has 2 atom stereocenters. The van der Waals surface area contributed by atoms with Crippen LogP contribution in [0, 0.1) is 0 Å². The normalized spacial score (nSPS) is 19.4. The van der Waals surface area contributed by atoms with E-state index in [0.29, 0.717) is 6.54 Å². The average Bonchev–Trinajstić information content (AvgIpc) is 2.69. The first-order valence-electron chi connectivity index (χ1n) is 5.67. The lowest BCUT2D eigenvalue weighted by Gasteiger charge is -2.16. The summed E-state index contributed by atoms with van der Waals surface area (Å²) in [6.07, 6.45) is -0.430. The number of rotatable bonds is 6. The average molecular weight is 273 g/mol. The molecule has 0 aromatic carbocycles. The molecule has 0 bridgehead atoms. The van der Waals surface area contributed by atoms with Crippen molar-refractivity contribution in [2.24, 2.45) is 0 Å². The summed E-state index contributed by atoms with van der Waals surface area (Å²) in [4.78, 5) is 43.6. The van der Waals surface area contributed by atoms with Crippen LogP contribution in [0.1, 0.15) is 19.3 Å². The van der Waals surface area contributed by atoms with Gasteiger partial charge in [0.25, 0.3) is 0 Å². The Kier molecular flexibility index (Phi) is 5.10. The number of amides is 3. The fourth-order valence-corrected chi connectivity index (χ4v) is 1.62. The van der Waals surface area contributed by atoms with E-state index in [2.05, 4.69) is 16.0 Å². The number of carbonyl (C=O) groups excluding carboxylic acids is 2. The Morgan fingerprint density at radius 1 is 1.37 bits per heavy atom. The zero-order chi connectivity index (χ0) is 14.4. The highest BCUT2D eigenvalue weighted by molar-refractivity contribution is 5.84. The Bertz CT molecular complexity index is 397. The lowest BCUT2D eigenvalue weighted by atomic mass is 10.1. The number of urea groups is 1. The minimum atomic E-state index is -1.31. The van der Waals surface area contributed by atoms with Crippen molar-refractivity contribution in [3.05, 3.63) is 0 Å². The van der Waals surface area contributed by atoms with E-state index in [9.17, 15) is 19.2 Å². The van der Waals surface area contributed by atoms with Crippen molar-refractivity contribution < 1.29 is 29.4 Å². The minimum Gasteiger partial charge on any atom is -0.481 e. The summed E-state index contributed by atoms with van der Waals surface area (Å²) >= 11 is 0. The number of carboxylic acid groups (broad SMARTS) is 2. The van der Waals surface area contributed by atoms with Crippen molar-refractivity contribution in [1.82, 2.24) is 16.0 Å². The summed E-state index contributed by atoms with van der Waals surface area (Å²) in [6, 6.07) is -2.40. The molecule has 1 saturated heterocycles. The molecule has 9 heteroatoms. The first kappa shape index (κ1) is 14.7. The molecule has 106 valence electrons. The van der Waals surface area contributed by atoms with E-state index in [1.165, 1.54) is 0 Å². The van der Waals surface area contributed by atoms with Gasteiger partial charge in [-0.2, -0.15) is 0 Å². The fourth-order valence-electron chi connectivity index (χ4n) is 1.62. The highest BCUT2D eigenvalue weighted by Crippen LogP contribution is 2.01. The van der Waals surface area contributed by atoms with Gasteiger partial charge in [0.05, 0.1) is 6.04 Å². The van der Waals surface area contributed by atoms with Gasteiger partial charge in [-0.1, -0.05) is 0 Å². The molecular weight excluding hydrogens is 258 g/mol. The molecule has 2 unspecified atom stereocenters. The molecule has 0 spiro atoms. The lowest BCUT2D eigenvalue weighted by molar-refractivity contribution is -0.140.